The Balaban J connectivity index is 2.51. The normalized spacial score (nSPS) is 11.8. The van der Waals surface area contributed by atoms with Crippen molar-refractivity contribution in [3.63, 3.8) is 0 Å². The first kappa shape index (κ1) is 17.7. The first-order valence-corrected chi connectivity index (χ1v) is 7.80. The minimum atomic E-state index is -0.548. The second-order valence-electron chi connectivity index (χ2n) is 5.30. The first-order chi connectivity index (χ1) is 11.5. The molecule has 1 N–H and O–H groups in total. The van der Waals surface area contributed by atoms with E-state index in [2.05, 4.69) is 10.4 Å². The topological polar surface area (TPSA) is 73.2 Å². The van der Waals surface area contributed by atoms with E-state index in [1.165, 1.54) is 35.0 Å². The number of aromatic nitrogens is 2. The molecular formula is C17H20FN3O3. The third kappa shape index (κ3) is 3.98. The van der Waals surface area contributed by atoms with Crippen LogP contribution in [0.15, 0.2) is 35.1 Å². The predicted molar refractivity (Wildman–Crippen MR) is 88.2 cm³/mol. The van der Waals surface area contributed by atoms with Crippen molar-refractivity contribution in [3.05, 3.63) is 52.1 Å². The van der Waals surface area contributed by atoms with Crippen LogP contribution in [0.5, 0.6) is 5.88 Å². The summed E-state index contributed by atoms with van der Waals surface area (Å²) in [6, 6.07) is 6.65. The molecule has 1 amide bonds. The molecule has 1 atom stereocenters. The van der Waals surface area contributed by atoms with Crippen LogP contribution in [0.25, 0.3) is 5.69 Å². The summed E-state index contributed by atoms with van der Waals surface area (Å²) in [5.74, 6) is -0.755. The van der Waals surface area contributed by atoms with Crippen LogP contribution in [0.2, 0.25) is 0 Å². The van der Waals surface area contributed by atoms with Gasteiger partial charge in [-0.2, -0.15) is 5.10 Å². The first-order valence-electron chi connectivity index (χ1n) is 7.80. The van der Waals surface area contributed by atoms with Gasteiger partial charge in [0.05, 0.1) is 18.4 Å². The van der Waals surface area contributed by atoms with E-state index in [-0.39, 0.29) is 17.6 Å². The van der Waals surface area contributed by atoms with Crippen molar-refractivity contribution in [2.24, 2.45) is 0 Å². The number of hydrogen-bond acceptors (Lipinski definition) is 4. The van der Waals surface area contributed by atoms with Crippen LogP contribution in [0.1, 0.15) is 37.7 Å². The standard InChI is InChI=1S/C17H20FN3O3/c1-4-11(3)19-17(23)16-14(22)10-15(24-5-2)21(20-16)13-8-6-12(18)7-9-13/h6-11H,4-5H2,1-3H3,(H,19,23)/t11-/m0/s1. The smallest absolute Gasteiger partial charge is 0.276 e. The van der Waals surface area contributed by atoms with Crippen LogP contribution in [-0.2, 0) is 0 Å². The lowest BCUT2D eigenvalue weighted by molar-refractivity contribution is 0.0931. The molecule has 0 aliphatic carbocycles. The number of amides is 1. The summed E-state index contributed by atoms with van der Waals surface area (Å²) in [4.78, 5) is 24.4. The van der Waals surface area contributed by atoms with Crippen LogP contribution in [-0.4, -0.2) is 28.3 Å². The van der Waals surface area contributed by atoms with Crippen molar-refractivity contribution in [2.45, 2.75) is 33.2 Å². The van der Waals surface area contributed by atoms with Crippen LogP contribution >= 0.6 is 0 Å². The van der Waals surface area contributed by atoms with E-state index in [1.807, 2.05) is 13.8 Å². The number of nitrogens with one attached hydrogen (secondary N) is 1. The molecule has 1 aromatic carbocycles. The number of hydrogen-bond donors (Lipinski definition) is 1. The Labute approximate surface area is 139 Å². The summed E-state index contributed by atoms with van der Waals surface area (Å²) in [5.41, 5.74) is -0.280. The van der Waals surface area contributed by atoms with Gasteiger partial charge in [-0.15, -0.1) is 0 Å². The largest absolute Gasteiger partial charge is 0.478 e. The minimum absolute atomic E-state index is 0.0791. The molecule has 0 bridgehead atoms. The van der Waals surface area contributed by atoms with Crippen LogP contribution in [0.4, 0.5) is 4.39 Å². The molecule has 2 rings (SSSR count). The van der Waals surface area contributed by atoms with Gasteiger partial charge in [0.25, 0.3) is 5.91 Å². The Bertz CT molecular complexity index is 772. The molecule has 2 aromatic rings. The molecule has 0 spiro atoms. The zero-order valence-electron chi connectivity index (χ0n) is 13.9. The Morgan fingerprint density at radius 1 is 1.33 bits per heavy atom. The fourth-order valence-corrected chi connectivity index (χ4v) is 2.01. The fourth-order valence-electron chi connectivity index (χ4n) is 2.01. The maximum absolute atomic E-state index is 13.1. The summed E-state index contributed by atoms with van der Waals surface area (Å²) in [6.45, 7) is 5.85. The number of benzene rings is 1. The van der Waals surface area contributed by atoms with Gasteiger partial charge in [0.2, 0.25) is 11.3 Å². The molecule has 0 fully saturated rings. The molecule has 0 radical (unpaired) electrons. The van der Waals surface area contributed by atoms with Crippen molar-refractivity contribution in [1.29, 1.82) is 0 Å². The van der Waals surface area contributed by atoms with Crippen LogP contribution < -0.4 is 15.5 Å². The summed E-state index contributed by atoms with van der Waals surface area (Å²) in [7, 11) is 0. The maximum Gasteiger partial charge on any atom is 0.276 e. The zero-order chi connectivity index (χ0) is 17.7. The quantitative estimate of drug-likeness (QED) is 0.880. The lowest BCUT2D eigenvalue weighted by Crippen LogP contribution is -2.36. The molecular weight excluding hydrogens is 313 g/mol. The third-order valence-electron chi connectivity index (χ3n) is 3.47. The number of carbonyl (C=O) groups excluding carboxylic acids is 1. The van der Waals surface area contributed by atoms with Crippen molar-refractivity contribution < 1.29 is 13.9 Å². The summed E-state index contributed by atoms with van der Waals surface area (Å²) < 4.78 is 19.9. The second-order valence-corrected chi connectivity index (χ2v) is 5.30. The Hall–Kier alpha value is -2.70. The van der Waals surface area contributed by atoms with E-state index in [4.69, 9.17) is 4.74 Å². The molecule has 0 aliphatic heterocycles. The average Bonchev–Trinajstić information content (AvgIpc) is 2.56. The van der Waals surface area contributed by atoms with E-state index >= 15 is 0 Å². The van der Waals surface area contributed by atoms with Gasteiger partial charge in [0, 0.05) is 6.04 Å². The predicted octanol–water partition coefficient (Wildman–Crippen LogP) is 2.30. The van der Waals surface area contributed by atoms with Gasteiger partial charge in [-0.1, -0.05) is 6.92 Å². The number of ether oxygens (including phenoxy) is 1. The molecule has 0 aliphatic rings. The summed E-state index contributed by atoms with van der Waals surface area (Å²) >= 11 is 0. The van der Waals surface area contributed by atoms with Gasteiger partial charge >= 0.3 is 0 Å². The highest BCUT2D eigenvalue weighted by atomic mass is 19.1. The number of nitrogens with zero attached hydrogens (tertiary/aromatic N) is 2. The molecule has 0 saturated carbocycles. The lowest BCUT2D eigenvalue weighted by Gasteiger charge is -2.15. The van der Waals surface area contributed by atoms with E-state index in [0.717, 1.165) is 6.42 Å². The highest BCUT2D eigenvalue weighted by molar-refractivity contribution is 5.92. The van der Waals surface area contributed by atoms with Gasteiger partial charge in [0.1, 0.15) is 5.82 Å². The molecule has 6 nitrogen and oxygen atoms in total. The molecule has 1 heterocycles. The monoisotopic (exact) mass is 333 g/mol. The van der Waals surface area contributed by atoms with E-state index in [9.17, 15) is 14.0 Å². The Kier molecular flexibility index (Phi) is 5.68. The van der Waals surface area contributed by atoms with E-state index < -0.39 is 17.2 Å². The zero-order valence-corrected chi connectivity index (χ0v) is 13.9. The maximum atomic E-state index is 13.1. The minimum Gasteiger partial charge on any atom is -0.478 e. The highest BCUT2D eigenvalue weighted by Crippen LogP contribution is 2.16. The van der Waals surface area contributed by atoms with Crippen molar-refractivity contribution in [2.75, 3.05) is 6.61 Å². The highest BCUT2D eigenvalue weighted by Gasteiger charge is 2.18. The average molecular weight is 333 g/mol. The van der Waals surface area contributed by atoms with Gasteiger partial charge in [-0.25, -0.2) is 9.07 Å². The Morgan fingerprint density at radius 3 is 2.58 bits per heavy atom. The fraction of sp³-hybridized carbons (Fsp3) is 0.353. The number of halogens is 1. The van der Waals surface area contributed by atoms with Gasteiger partial charge < -0.3 is 10.1 Å². The molecule has 7 heteroatoms. The third-order valence-corrected chi connectivity index (χ3v) is 3.47. The van der Waals surface area contributed by atoms with E-state index in [0.29, 0.717) is 12.3 Å². The summed E-state index contributed by atoms with van der Waals surface area (Å²) in [5, 5.41) is 6.83. The summed E-state index contributed by atoms with van der Waals surface area (Å²) in [6.07, 6.45) is 0.731. The second kappa shape index (κ2) is 7.72. The van der Waals surface area contributed by atoms with Crippen LogP contribution in [0.3, 0.4) is 0 Å². The molecule has 128 valence electrons. The lowest BCUT2D eigenvalue weighted by atomic mass is 10.2. The number of carbonyl (C=O) groups is 1. The van der Waals surface area contributed by atoms with E-state index in [1.54, 1.807) is 6.92 Å². The van der Waals surface area contributed by atoms with Gasteiger partial charge in [-0.3, -0.25) is 9.59 Å². The number of rotatable bonds is 6. The SMILES string of the molecule is CCOc1cc(=O)c(C(=O)N[C@@H](C)CC)nn1-c1ccc(F)cc1. The van der Waals surface area contributed by atoms with Gasteiger partial charge in [0.15, 0.2) is 5.69 Å². The van der Waals surface area contributed by atoms with Gasteiger partial charge in [-0.05, 0) is 44.5 Å². The molecule has 0 saturated heterocycles. The molecule has 24 heavy (non-hydrogen) atoms. The molecule has 1 aromatic heterocycles. The van der Waals surface area contributed by atoms with Crippen LogP contribution in [0, 0.1) is 5.82 Å². The van der Waals surface area contributed by atoms with Crippen molar-refractivity contribution in [1.82, 2.24) is 15.1 Å². The molecule has 0 unspecified atom stereocenters. The Morgan fingerprint density at radius 2 is 2.00 bits per heavy atom. The van der Waals surface area contributed by atoms with Crippen molar-refractivity contribution >= 4 is 5.91 Å². The van der Waals surface area contributed by atoms with Crippen molar-refractivity contribution in [3.8, 4) is 11.6 Å².